The number of nitrogens with one attached hydrogen (secondary N) is 1. The van der Waals surface area contributed by atoms with Crippen LogP contribution < -0.4 is 5.32 Å². The van der Waals surface area contributed by atoms with Crippen molar-refractivity contribution >= 4 is 18.0 Å². The highest BCUT2D eigenvalue weighted by Crippen LogP contribution is 2.57. The topological polar surface area (TPSA) is 102 Å². The maximum Gasteiger partial charge on any atom is 0.407 e. The van der Waals surface area contributed by atoms with E-state index in [1.165, 1.54) is 19.3 Å². The lowest BCUT2D eigenvalue weighted by Gasteiger charge is -2.55. The molecule has 0 aromatic heterocycles. The molecule has 0 saturated heterocycles. The summed E-state index contributed by atoms with van der Waals surface area (Å²) in [7, 11) is 0. The van der Waals surface area contributed by atoms with Gasteiger partial charge in [0.05, 0.1) is 6.42 Å². The molecule has 2 aromatic carbocycles. The average molecular weight is 490 g/mol. The minimum Gasteiger partial charge on any atom is -0.480 e. The summed E-state index contributed by atoms with van der Waals surface area (Å²) in [6, 6.07) is 14.6. The number of carboxylic acids is 1. The van der Waals surface area contributed by atoms with Crippen molar-refractivity contribution in [3.63, 3.8) is 0 Å². The Bertz CT molecular complexity index is 1120. The molecule has 5 aliphatic carbocycles. The number of carboxylic acid groups (broad SMARTS) is 1. The number of amides is 1. The van der Waals surface area contributed by atoms with Gasteiger partial charge in [-0.15, -0.1) is 0 Å². The average Bonchev–Trinajstić information content (AvgIpc) is 3.15. The molecule has 4 saturated carbocycles. The highest BCUT2D eigenvalue weighted by molar-refractivity contribution is 5.85. The van der Waals surface area contributed by atoms with E-state index in [1.807, 2.05) is 48.5 Å². The summed E-state index contributed by atoms with van der Waals surface area (Å²) in [5, 5.41) is 12.0. The summed E-state index contributed by atoms with van der Waals surface area (Å²) in [6.45, 7) is 0.0733. The predicted molar refractivity (Wildman–Crippen MR) is 131 cm³/mol. The summed E-state index contributed by atoms with van der Waals surface area (Å²) >= 11 is 0. The first-order valence-electron chi connectivity index (χ1n) is 13.0. The van der Waals surface area contributed by atoms with Crippen molar-refractivity contribution in [3.05, 3.63) is 59.7 Å². The number of carbonyl (C=O) groups excluding carboxylic acids is 2. The van der Waals surface area contributed by atoms with E-state index in [0.29, 0.717) is 17.8 Å². The molecule has 4 bridgehead atoms. The predicted octanol–water partition coefficient (Wildman–Crippen LogP) is 4.88. The van der Waals surface area contributed by atoms with Crippen LogP contribution in [0.5, 0.6) is 0 Å². The van der Waals surface area contributed by atoms with Crippen LogP contribution in [0.4, 0.5) is 4.79 Å². The number of hydrogen-bond donors (Lipinski definition) is 2. The molecule has 7 rings (SSSR count). The van der Waals surface area contributed by atoms with Crippen molar-refractivity contribution in [2.45, 2.75) is 62.5 Å². The number of benzene rings is 2. The quantitative estimate of drug-likeness (QED) is 0.538. The van der Waals surface area contributed by atoms with E-state index >= 15 is 0 Å². The molecule has 2 aromatic rings. The summed E-state index contributed by atoms with van der Waals surface area (Å²) in [6.07, 6.45) is 5.02. The summed E-state index contributed by atoms with van der Waals surface area (Å²) < 4.78 is 11.4. The van der Waals surface area contributed by atoms with Crippen molar-refractivity contribution in [1.29, 1.82) is 0 Å². The van der Waals surface area contributed by atoms with Crippen molar-refractivity contribution in [2.24, 2.45) is 17.8 Å². The van der Waals surface area contributed by atoms with Gasteiger partial charge in [-0.2, -0.15) is 0 Å². The molecule has 7 nitrogen and oxygen atoms in total. The Hall–Kier alpha value is -3.35. The Kier molecular flexibility index (Phi) is 5.73. The normalized spacial score (nSPS) is 28.2. The fraction of sp³-hybridized carbons (Fsp3) is 0.483. The molecule has 0 radical (unpaired) electrons. The van der Waals surface area contributed by atoms with E-state index in [4.69, 9.17) is 9.47 Å². The molecule has 0 aliphatic heterocycles. The molecule has 7 heteroatoms. The van der Waals surface area contributed by atoms with Crippen LogP contribution in [0.2, 0.25) is 0 Å². The number of esters is 1. The van der Waals surface area contributed by atoms with E-state index in [2.05, 4.69) is 5.32 Å². The number of alkyl carbamates (subject to hydrolysis) is 1. The largest absolute Gasteiger partial charge is 0.480 e. The Morgan fingerprint density at radius 2 is 1.42 bits per heavy atom. The van der Waals surface area contributed by atoms with Gasteiger partial charge in [0.1, 0.15) is 18.2 Å². The molecule has 1 amide bonds. The summed E-state index contributed by atoms with van der Waals surface area (Å²) in [5.74, 6) is -0.156. The third kappa shape index (κ3) is 4.25. The van der Waals surface area contributed by atoms with Gasteiger partial charge >= 0.3 is 18.0 Å². The van der Waals surface area contributed by atoms with E-state index in [9.17, 15) is 19.5 Å². The van der Waals surface area contributed by atoms with E-state index < -0.39 is 36.1 Å². The van der Waals surface area contributed by atoms with Gasteiger partial charge in [0.15, 0.2) is 0 Å². The van der Waals surface area contributed by atoms with Gasteiger partial charge in [0.2, 0.25) is 0 Å². The van der Waals surface area contributed by atoms with Crippen LogP contribution in [0.15, 0.2) is 48.5 Å². The Morgan fingerprint density at radius 1 is 0.889 bits per heavy atom. The Balaban J connectivity index is 1.07. The van der Waals surface area contributed by atoms with E-state index in [-0.39, 0.29) is 12.5 Å². The van der Waals surface area contributed by atoms with Crippen molar-refractivity contribution in [2.75, 3.05) is 6.61 Å². The highest BCUT2D eigenvalue weighted by atomic mass is 16.6. The molecule has 0 heterocycles. The van der Waals surface area contributed by atoms with Crippen LogP contribution in [0.1, 0.15) is 62.0 Å². The Morgan fingerprint density at radius 3 is 1.94 bits per heavy atom. The minimum atomic E-state index is -1.40. The first-order chi connectivity index (χ1) is 17.4. The third-order valence-electron chi connectivity index (χ3n) is 8.62. The second kappa shape index (κ2) is 8.95. The van der Waals surface area contributed by atoms with Gasteiger partial charge in [0, 0.05) is 5.92 Å². The molecule has 36 heavy (non-hydrogen) atoms. The molecular weight excluding hydrogens is 458 g/mol. The van der Waals surface area contributed by atoms with Crippen molar-refractivity contribution in [1.82, 2.24) is 5.32 Å². The molecule has 0 spiro atoms. The lowest BCUT2D eigenvalue weighted by Crippen LogP contribution is -2.53. The van der Waals surface area contributed by atoms with Crippen LogP contribution in [0.25, 0.3) is 11.1 Å². The van der Waals surface area contributed by atoms with Gasteiger partial charge in [-0.25, -0.2) is 9.59 Å². The first-order valence-corrected chi connectivity index (χ1v) is 13.0. The number of hydrogen-bond acceptors (Lipinski definition) is 5. The molecule has 1 atom stereocenters. The van der Waals surface area contributed by atoms with Crippen LogP contribution >= 0.6 is 0 Å². The van der Waals surface area contributed by atoms with Crippen LogP contribution in [0, 0.1) is 17.8 Å². The zero-order chi connectivity index (χ0) is 24.9. The number of fused-ring (bicyclic) bond motifs is 3. The second-order valence-electron chi connectivity index (χ2n) is 11.1. The lowest BCUT2D eigenvalue weighted by molar-refractivity contribution is -0.187. The van der Waals surface area contributed by atoms with E-state index in [0.717, 1.165) is 41.5 Å². The monoisotopic (exact) mass is 489 g/mol. The maximum absolute atomic E-state index is 12.8. The minimum absolute atomic E-state index is 0.0733. The molecule has 4 fully saturated rings. The molecular formula is C29H31NO6. The highest BCUT2D eigenvalue weighted by Gasteiger charge is 2.53. The molecule has 5 aliphatic rings. The number of rotatable bonds is 7. The van der Waals surface area contributed by atoms with Gasteiger partial charge in [-0.05, 0) is 78.5 Å². The number of ether oxygens (including phenoxy) is 2. The fourth-order valence-electron chi connectivity index (χ4n) is 7.59. The van der Waals surface area contributed by atoms with Crippen molar-refractivity contribution < 1.29 is 29.0 Å². The lowest BCUT2D eigenvalue weighted by atomic mass is 9.54. The van der Waals surface area contributed by atoms with Gasteiger partial charge in [-0.1, -0.05) is 48.5 Å². The van der Waals surface area contributed by atoms with Gasteiger partial charge in [0.25, 0.3) is 0 Å². The van der Waals surface area contributed by atoms with Crippen LogP contribution in [-0.2, 0) is 19.1 Å². The SMILES string of the molecule is O=C(C[C@H](NC(=O)OCC1c2ccccc2-c2ccccc21)C(=O)O)OC12CC3CC(CC(C3)C1)C2. The van der Waals surface area contributed by atoms with Crippen molar-refractivity contribution in [3.8, 4) is 11.1 Å². The second-order valence-corrected chi connectivity index (χ2v) is 11.1. The number of carbonyl (C=O) groups is 3. The molecule has 2 N–H and O–H groups in total. The summed E-state index contributed by atoms with van der Waals surface area (Å²) in [5.41, 5.74) is 3.91. The molecule has 0 unspecified atom stereocenters. The zero-order valence-corrected chi connectivity index (χ0v) is 20.2. The van der Waals surface area contributed by atoms with E-state index in [1.54, 1.807) is 0 Å². The summed E-state index contributed by atoms with van der Waals surface area (Å²) in [4.78, 5) is 37.2. The first kappa shape index (κ1) is 23.1. The van der Waals surface area contributed by atoms with Gasteiger partial charge < -0.3 is 19.9 Å². The van der Waals surface area contributed by atoms with Crippen LogP contribution in [-0.4, -0.2) is 41.4 Å². The van der Waals surface area contributed by atoms with Crippen LogP contribution in [0.3, 0.4) is 0 Å². The zero-order valence-electron chi connectivity index (χ0n) is 20.2. The Labute approximate surface area is 210 Å². The van der Waals surface area contributed by atoms with Gasteiger partial charge in [-0.3, -0.25) is 4.79 Å². The maximum atomic E-state index is 12.8. The third-order valence-corrected chi connectivity index (χ3v) is 8.62. The number of aliphatic carboxylic acids is 1. The standard InChI is InChI=1S/C29H31NO6/c31-26(36-29-13-17-9-18(14-29)11-19(10-17)15-29)12-25(27(32)33)30-28(34)35-16-24-22-7-3-1-5-20(22)21-6-2-4-8-23(21)24/h1-8,17-19,24-25H,9-16H2,(H,30,34)(H,32,33)/t17?,18?,19?,25-,29?/m0/s1. The molecule has 188 valence electrons. The smallest absolute Gasteiger partial charge is 0.407 e. The fourth-order valence-corrected chi connectivity index (χ4v) is 7.59.